The maximum absolute atomic E-state index is 11.5. The van der Waals surface area contributed by atoms with Crippen LogP contribution in [0.4, 0.5) is 0 Å². The Balaban J connectivity index is 2.20. The number of furan rings is 1. The average molecular weight is 236 g/mol. The van der Waals surface area contributed by atoms with Crippen molar-refractivity contribution in [3.05, 3.63) is 29.1 Å². The number of aliphatic imine (C=N–C) groups is 1. The summed E-state index contributed by atoms with van der Waals surface area (Å²) in [6, 6.07) is 3.47. The lowest BCUT2D eigenvalue weighted by atomic mass is 10.4. The number of nitrogens with two attached hydrogens (primary N) is 1. The van der Waals surface area contributed by atoms with E-state index >= 15 is 0 Å². The predicted molar refractivity (Wildman–Crippen MR) is 61.8 cm³/mol. The first-order valence-electron chi connectivity index (χ1n) is 4.32. The van der Waals surface area contributed by atoms with Gasteiger partial charge in [0.1, 0.15) is 5.76 Å². The van der Waals surface area contributed by atoms with Crippen molar-refractivity contribution in [3.63, 3.8) is 0 Å². The molecule has 0 radical (unpaired) electrons. The van der Waals surface area contributed by atoms with Crippen molar-refractivity contribution in [2.75, 3.05) is 0 Å². The van der Waals surface area contributed by atoms with Crippen LogP contribution in [0.15, 0.2) is 32.7 Å². The summed E-state index contributed by atoms with van der Waals surface area (Å²) in [6.45, 7) is 0. The number of guanidine groups is 1. The lowest BCUT2D eigenvalue weighted by Crippen LogP contribution is -2.22. The van der Waals surface area contributed by atoms with Gasteiger partial charge in [0.15, 0.2) is 5.17 Å². The van der Waals surface area contributed by atoms with Gasteiger partial charge < -0.3 is 15.5 Å². The molecule has 1 aliphatic heterocycles. The number of thioether (sulfide) groups is 1. The van der Waals surface area contributed by atoms with Gasteiger partial charge in [-0.1, -0.05) is 0 Å². The number of nitrogens with zero attached hydrogens (tertiary/aromatic N) is 1. The molecule has 0 atom stereocenters. The van der Waals surface area contributed by atoms with E-state index < -0.39 is 0 Å². The summed E-state index contributed by atoms with van der Waals surface area (Å²) < 4.78 is 5.08. The summed E-state index contributed by atoms with van der Waals surface area (Å²) in [4.78, 5) is 15.6. The summed E-state index contributed by atoms with van der Waals surface area (Å²) in [5.74, 6) is -0.0369. The Bertz CT molecular complexity index is 490. The fraction of sp³-hybridized carbons (Fsp3) is 0. The lowest BCUT2D eigenvalue weighted by Gasteiger charge is -1.90. The van der Waals surface area contributed by atoms with Gasteiger partial charge in [-0.25, -0.2) is 0 Å². The van der Waals surface area contributed by atoms with Gasteiger partial charge in [-0.3, -0.25) is 10.2 Å². The number of hydrogen-bond donors (Lipinski definition) is 3. The van der Waals surface area contributed by atoms with Crippen LogP contribution in [0.5, 0.6) is 0 Å². The topological polar surface area (TPSA) is 104 Å². The maximum atomic E-state index is 11.5. The number of carbonyl (C=O) groups excluding carboxylic acids is 1. The van der Waals surface area contributed by atoms with Gasteiger partial charge in [0.05, 0.1) is 11.2 Å². The van der Waals surface area contributed by atoms with Crippen molar-refractivity contribution in [1.29, 1.82) is 5.41 Å². The lowest BCUT2D eigenvalue weighted by molar-refractivity contribution is -0.115. The number of amides is 1. The predicted octanol–water partition coefficient (Wildman–Crippen LogP) is 0.733. The maximum Gasteiger partial charge on any atom is 0.264 e. The van der Waals surface area contributed by atoms with Gasteiger partial charge >= 0.3 is 0 Å². The van der Waals surface area contributed by atoms with Crippen LogP contribution in [-0.2, 0) is 4.79 Å². The minimum Gasteiger partial charge on any atom is -0.465 e. The molecule has 2 rings (SSSR count). The summed E-state index contributed by atoms with van der Waals surface area (Å²) in [5, 5.41) is 9.77. The molecule has 7 heteroatoms. The summed E-state index contributed by atoms with van der Waals surface area (Å²) >= 11 is 1.11. The van der Waals surface area contributed by atoms with Crippen molar-refractivity contribution in [3.8, 4) is 0 Å². The Hall–Kier alpha value is -2.02. The van der Waals surface area contributed by atoms with Crippen molar-refractivity contribution in [2.24, 2.45) is 10.7 Å². The van der Waals surface area contributed by atoms with E-state index in [2.05, 4.69) is 10.3 Å². The van der Waals surface area contributed by atoms with Gasteiger partial charge in [0.25, 0.3) is 5.91 Å². The molecule has 6 nitrogen and oxygen atoms in total. The Labute approximate surface area is 95.1 Å². The molecule has 82 valence electrons. The highest BCUT2D eigenvalue weighted by Crippen LogP contribution is 2.25. The molecule has 16 heavy (non-hydrogen) atoms. The first-order valence-corrected chi connectivity index (χ1v) is 5.14. The molecule has 2 heterocycles. The van der Waals surface area contributed by atoms with Crippen molar-refractivity contribution >= 4 is 34.9 Å². The van der Waals surface area contributed by atoms with E-state index in [9.17, 15) is 4.79 Å². The molecule has 0 saturated carbocycles. The van der Waals surface area contributed by atoms with E-state index in [1.54, 1.807) is 18.2 Å². The van der Waals surface area contributed by atoms with Gasteiger partial charge in [-0.2, -0.15) is 4.99 Å². The van der Waals surface area contributed by atoms with Crippen molar-refractivity contribution in [1.82, 2.24) is 5.32 Å². The SMILES string of the molecule is N=C(N)N=C1NC(=O)C(=Cc2ccco2)S1. The normalized spacial score (nSPS) is 20.4. The highest BCUT2D eigenvalue weighted by atomic mass is 32.2. The van der Waals surface area contributed by atoms with Gasteiger partial charge in [0.2, 0.25) is 5.96 Å². The number of nitrogens with one attached hydrogen (secondary N) is 2. The first kappa shape index (κ1) is 10.5. The van der Waals surface area contributed by atoms with E-state index in [1.165, 1.54) is 6.26 Å². The number of hydrogen-bond acceptors (Lipinski definition) is 4. The molecule has 0 spiro atoms. The molecule has 0 aliphatic carbocycles. The molecule has 0 aromatic carbocycles. The Morgan fingerprint density at radius 2 is 2.50 bits per heavy atom. The monoisotopic (exact) mass is 236 g/mol. The third-order valence-electron chi connectivity index (χ3n) is 1.69. The zero-order chi connectivity index (χ0) is 11.5. The van der Waals surface area contributed by atoms with Gasteiger partial charge in [0, 0.05) is 6.08 Å². The zero-order valence-electron chi connectivity index (χ0n) is 8.06. The van der Waals surface area contributed by atoms with Crippen molar-refractivity contribution in [2.45, 2.75) is 0 Å². The molecule has 1 saturated heterocycles. The Morgan fingerprint density at radius 3 is 3.12 bits per heavy atom. The van der Waals surface area contributed by atoms with Crippen LogP contribution in [0, 0.1) is 5.41 Å². The van der Waals surface area contributed by atoms with E-state index in [4.69, 9.17) is 15.6 Å². The molecule has 1 fully saturated rings. The summed E-state index contributed by atoms with van der Waals surface area (Å²) in [5.41, 5.74) is 5.09. The van der Waals surface area contributed by atoms with E-state index in [-0.39, 0.29) is 11.9 Å². The molecular weight excluding hydrogens is 228 g/mol. The minimum absolute atomic E-state index is 0.276. The highest BCUT2D eigenvalue weighted by molar-refractivity contribution is 8.18. The molecule has 1 aromatic rings. The van der Waals surface area contributed by atoms with Crippen LogP contribution in [0.25, 0.3) is 6.08 Å². The van der Waals surface area contributed by atoms with E-state index in [0.717, 1.165) is 11.8 Å². The zero-order valence-corrected chi connectivity index (χ0v) is 8.88. The van der Waals surface area contributed by atoms with Crippen LogP contribution in [0.1, 0.15) is 5.76 Å². The molecule has 0 bridgehead atoms. The highest BCUT2D eigenvalue weighted by Gasteiger charge is 2.24. The molecule has 1 aliphatic rings. The molecule has 1 amide bonds. The minimum atomic E-state index is -0.345. The van der Waals surface area contributed by atoms with Crippen LogP contribution < -0.4 is 11.1 Å². The number of rotatable bonds is 1. The molecular formula is C9H8N4O2S. The van der Waals surface area contributed by atoms with Crippen LogP contribution in [-0.4, -0.2) is 17.0 Å². The second-order valence-electron chi connectivity index (χ2n) is 2.88. The fourth-order valence-corrected chi connectivity index (χ4v) is 1.91. The number of amidine groups is 1. The van der Waals surface area contributed by atoms with Crippen molar-refractivity contribution < 1.29 is 9.21 Å². The van der Waals surface area contributed by atoms with Gasteiger partial charge in [-0.15, -0.1) is 0 Å². The number of carbonyl (C=O) groups is 1. The summed E-state index contributed by atoms with van der Waals surface area (Å²) in [7, 11) is 0. The van der Waals surface area contributed by atoms with Gasteiger partial charge in [-0.05, 0) is 23.9 Å². The molecule has 4 N–H and O–H groups in total. The molecule has 0 unspecified atom stereocenters. The van der Waals surface area contributed by atoms with Crippen LogP contribution in [0.3, 0.4) is 0 Å². The fourth-order valence-electron chi connectivity index (χ4n) is 1.09. The van der Waals surface area contributed by atoms with E-state index in [0.29, 0.717) is 15.8 Å². The van der Waals surface area contributed by atoms with Crippen LogP contribution in [0.2, 0.25) is 0 Å². The largest absolute Gasteiger partial charge is 0.465 e. The molecule has 1 aromatic heterocycles. The first-order chi connectivity index (χ1) is 7.65. The third kappa shape index (κ3) is 2.31. The second-order valence-corrected chi connectivity index (χ2v) is 3.91. The Morgan fingerprint density at radius 1 is 1.69 bits per heavy atom. The second kappa shape index (κ2) is 4.23. The third-order valence-corrected chi connectivity index (χ3v) is 2.60. The Kier molecular flexibility index (Phi) is 2.78. The standard InChI is InChI=1S/C9H8N4O2S/c10-8(11)13-9-12-7(14)6(16-9)4-5-2-1-3-15-5/h1-4H,(H4,10,11,12,13,14). The smallest absolute Gasteiger partial charge is 0.264 e. The quantitative estimate of drug-likeness (QED) is 0.380. The van der Waals surface area contributed by atoms with E-state index in [1.807, 2.05) is 0 Å². The average Bonchev–Trinajstić information content (AvgIpc) is 2.77. The van der Waals surface area contributed by atoms with Crippen LogP contribution >= 0.6 is 11.8 Å². The summed E-state index contributed by atoms with van der Waals surface area (Å²) in [6.07, 6.45) is 3.12.